The second-order valence-corrected chi connectivity index (χ2v) is 5.94. The van der Waals surface area contributed by atoms with Gasteiger partial charge in [0.15, 0.2) is 0 Å². The molecule has 1 aliphatic heterocycles. The molecule has 7 heteroatoms. The lowest BCUT2D eigenvalue weighted by Gasteiger charge is -2.26. The molecule has 1 aliphatic rings. The Balaban J connectivity index is 1.51. The van der Waals surface area contributed by atoms with Gasteiger partial charge < -0.3 is 15.0 Å². The predicted octanol–water partition coefficient (Wildman–Crippen LogP) is 2.26. The van der Waals surface area contributed by atoms with Crippen LogP contribution in [0.2, 0.25) is 5.02 Å². The van der Waals surface area contributed by atoms with Crippen LogP contribution in [0.3, 0.4) is 0 Å². The summed E-state index contributed by atoms with van der Waals surface area (Å²) in [5.74, 6) is 0.458. The molecule has 2 aromatic rings. The predicted molar refractivity (Wildman–Crippen MR) is 92.4 cm³/mol. The Morgan fingerprint density at radius 2 is 2.00 bits per heavy atom. The van der Waals surface area contributed by atoms with Crippen molar-refractivity contribution in [2.24, 2.45) is 0 Å². The molecule has 0 spiro atoms. The topological polar surface area (TPSA) is 67.4 Å². The Morgan fingerprint density at radius 3 is 2.71 bits per heavy atom. The van der Waals surface area contributed by atoms with Crippen molar-refractivity contribution in [3.63, 3.8) is 0 Å². The largest absolute Gasteiger partial charge is 0.378 e. The zero-order chi connectivity index (χ0) is 16.8. The van der Waals surface area contributed by atoms with Crippen LogP contribution in [0.1, 0.15) is 15.9 Å². The van der Waals surface area contributed by atoms with Crippen LogP contribution < -0.4 is 5.32 Å². The monoisotopic (exact) mass is 346 g/mol. The molecule has 0 unspecified atom stereocenters. The molecule has 6 nitrogen and oxygen atoms in total. The first-order valence-corrected chi connectivity index (χ1v) is 8.27. The summed E-state index contributed by atoms with van der Waals surface area (Å²) in [6, 6.07) is 7.75. The van der Waals surface area contributed by atoms with Gasteiger partial charge in [-0.2, -0.15) is 0 Å². The second-order valence-electron chi connectivity index (χ2n) is 5.51. The first kappa shape index (κ1) is 16.7. The number of amides is 1. The number of benzene rings is 1. The van der Waals surface area contributed by atoms with Crippen LogP contribution in [0.25, 0.3) is 0 Å². The van der Waals surface area contributed by atoms with Crippen molar-refractivity contribution in [3.05, 3.63) is 52.8 Å². The van der Waals surface area contributed by atoms with Crippen molar-refractivity contribution >= 4 is 23.5 Å². The number of rotatable bonds is 5. The second kappa shape index (κ2) is 8.08. The van der Waals surface area contributed by atoms with E-state index in [9.17, 15) is 4.79 Å². The number of halogens is 1. The summed E-state index contributed by atoms with van der Waals surface area (Å²) in [5, 5.41) is 3.88. The molecular formula is C17H19ClN4O2. The average Bonchev–Trinajstić information content (AvgIpc) is 2.63. The molecular weight excluding hydrogens is 328 g/mol. The zero-order valence-corrected chi connectivity index (χ0v) is 14.0. The van der Waals surface area contributed by atoms with Gasteiger partial charge in [-0.3, -0.25) is 4.79 Å². The first-order chi connectivity index (χ1) is 11.7. The zero-order valence-electron chi connectivity index (χ0n) is 13.2. The van der Waals surface area contributed by atoms with Gasteiger partial charge in [0.25, 0.3) is 5.91 Å². The third-order valence-electron chi connectivity index (χ3n) is 3.78. The number of aromatic nitrogens is 2. The fourth-order valence-corrected chi connectivity index (χ4v) is 2.70. The molecule has 126 valence electrons. The SMILES string of the molecule is O=C(c1cnc(NCCc2cccc(Cl)c2)nc1)N1CCOCC1. The number of carbonyl (C=O) groups is 1. The van der Waals surface area contributed by atoms with Crippen LogP contribution in [-0.4, -0.2) is 53.6 Å². The van der Waals surface area contributed by atoms with E-state index in [1.165, 1.54) is 0 Å². The normalized spacial score (nSPS) is 14.5. The minimum Gasteiger partial charge on any atom is -0.378 e. The molecule has 1 aromatic carbocycles. The van der Waals surface area contributed by atoms with Crippen molar-refractivity contribution in [3.8, 4) is 0 Å². The molecule has 3 rings (SSSR count). The van der Waals surface area contributed by atoms with Gasteiger partial charge >= 0.3 is 0 Å². The van der Waals surface area contributed by atoms with Gasteiger partial charge in [0.1, 0.15) is 0 Å². The van der Waals surface area contributed by atoms with Crippen LogP contribution in [0, 0.1) is 0 Å². The number of carbonyl (C=O) groups excluding carboxylic acids is 1. The molecule has 0 saturated carbocycles. The lowest BCUT2D eigenvalue weighted by atomic mass is 10.1. The Hall–Kier alpha value is -2.18. The Kier molecular flexibility index (Phi) is 5.61. The smallest absolute Gasteiger partial charge is 0.257 e. The molecule has 0 atom stereocenters. The number of hydrogen-bond acceptors (Lipinski definition) is 5. The van der Waals surface area contributed by atoms with Crippen molar-refractivity contribution in [2.45, 2.75) is 6.42 Å². The minimum absolute atomic E-state index is 0.0521. The number of morpholine rings is 1. The van der Waals surface area contributed by atoms with Crippen LogP contribution >= 0.6 is 11.6 Å². The van der Waals surface area contributed by atoms with E-state index in [4.69, 9.17) is 16.3 Å². The van der Waals surface area contributed by atoms with Gasteiger partial charge in [-0.25, -0.2) is 9.97 Å². The molecule has 0 radical (unpaired) electrons. The summed E-state index contributed by atoms with van der Waals surface area (Å²) >= 11 is 5.96. The molecule has 1 aromatic heterocycles. The third kappa shape index (κ3) is 4.43. The lowest BCUT2D eigenvalue weighted by molar-refractivity contribution is 0.0302. The van der Waals surface area contributed by atoms with Gasteiger partial charge in [-0.1, -0.05) is 23.7 Å². The highest BCUT2D eigenvalue weighted by Gasteiger charge is 2.18. The van der Waals surface area contributed by atoms with Crippen molar-refractivity contribution in [1.29, 1.82) is 0 Å². The van der Waals surface area contributed by atoms with Crippen LogP contribution in [0.4, 0.5) is 5.95 Å². The Labute approximate surface area is 145 Å². The first-order valence-electron chi connectivity index (χ1n) is 7.90. The van der Waals surface area contributed by atoms with E-state index >= 15 is 0 Å². The molecule has 1 fully saturated rings. The van der Waals surface area contributed by atoms with Crippen molar-refractivity contribution in [2.75, 3.05) is 38.2 Å². The van der Waals surface area contributed by atoms with Gasteiger partial charge in [0, 0.05) is 37.1 Å². The van der Waals surface area contributed by atoms with Crippen molar-refractivity contribution in [1.82, 2.24) is 14.9 Å². The number of nitrogens with one attached hydrogen (secondary N) is 1. The molecule has 2 heterocycles. The fourth-order valence-electron chi connectivity index (χ4n) is 2.49. The van der Waals surface area contributed by atoms with Gasteiger partial charge in [0.05, 0.1) is 18.8 Å². The average molecular weight is 347 g/mol. The molecule has 0 aliphatic carbocycles. The molecule has 1 N–H and O–H groups in total. The van der Waals surface area contributed by atoms with Gasteiger partial charge in [-0.15, -0.1) is 0 Å². The number of ether oxygens (including phenoxy) is 1. The van der Waals surface area contributed by atoms with E-state index in [-0.39, 0.29) is 5.91 Å². The van der Waals surface area contributed by atoms with E-state index < -0.39 is 0 Å². The van der Waals surface area contributed by atoms with Crippen molar-refractivity contribution < 1.29 is 9.53 Å². The Bertz CT molecular complexity index is 687. The summed E-state index contributed by atoms with van der Waals surface area (Å²) in [4.78, 5) is 22.5. The summed E-state index contributed by atoms with van der Waals surface area (Å²) in [7, 11) is 0. The lowest BCUT2D eigenvalue weighted by Crippen LogP contribution is -2.40. The molecule has 1 saturated heterocycles. The van der Waals surface area contributed by atoms with Crippen LogP contribution in [-0.2, 0) is 11.2 Å². The van der Waals surface area contributed by atoms with E-state index in [0.29, 0.717) is 44.4 Å². The maximum Gasteiger partial charge on any atom is 0.257 e. The van der Waals surface area contributed by atoms with E-state index in [1.807, 2.05) is 24.3 Å². The van der Waals surface area contributed by atoms with Gasteiger partial charge in [-0.05, 0) is 24.1 Å². The quantitative estimate of drug-likeness (QED) is 0.899. The van der Waals surface area contributed by atoms with E-state index in [1.54, 1.807) is 17.3 Å². The summed E-state index contributed by atoms with van der Waals surface area (Å²) in [6.45, 7) is 3.07. The Morgan fingerprint density at radius 1 is 1.25 bits per heavy atom. The summed E-state index contributed by atoms with van der Waals surface area (Å²) in [5.41, 5.74) is 1.64. The highest BCUT2D eigenvalue weighted by atomic mass is 35.5. The van der Waals surface area contributed by atoms with Crippen LogP contribution in [0.5, 0.6) is 0 Å². The number of nitrogens with zero attached hydrogens (tertiary/aromatic N) is 3. The number of hydrogen-bond donors (Lipinski definition) is 1. The van der Waals surface area contributed by atoms with E-state index in [2.05, 4.69) is 15.3 Å². The summed E-state index contributed by atoms with van der Waals surface area (Å²) < 4.78 is 5.25. The van der Waals surface area contributed by atoms with E-state index in [0.717, 1.165) is 17.0 Å². The molecule has 1 amide bonds. The number of anilines is 1. The van der Waals surface area contributed by atoms with Crippen LogP contribution in [0.15, 0.2) is 36.7 Å². The van der Waals surface area contributed by atoms with Gasteiger partial charge in [0.2, 0.25) is 5.95 Å². The molecule has 24 heavy (non-hydrogen) atoms. The highest BCUT2D eigenvalue weighted by Crippen LogP contribution is 2.11. The minimum atomic E-state index is -0.0521. The highest BCUT2D eigenvalue weighted by molar-refractivity contribution is 6.30. The standard InChI is InChI=1S/C17H19ClN4O2/c18-15-3-1-2-13(10-15)4-5-19-17-20-11-14(12-21-17)16(23)22-6-8-24-9-7-22/h1-3,10-12H,4-9H2,(H,19,20,21). The maximum atomic E-state index is 12.3. The summed E-state index contributed by atoms with van der Waals surface area (Å²) in [6.07, 6.45) is 3.94. The fraction of sp³-hybridized carbons (Fsp3) is 0.353. The maximum absolute atomic E-state index is 12.3. The molecule has 0 bridgehead atoms. The third-order valence-corrected chi connectivity index (χ3v) is 4.02.